The van der Waals surface area contributed by atoms with Crippen molar-refractivity contribution in [1.29, 1.82) is 0 Å². The Kier molecular flexibility index (Phi) is 5.54. The highest BCUT2D eigenvalue weighted by Crippen LogP contribution is 2.27. The summed E-state index contributed by atoms with van der Waals surface area (Å²) in [6.45, 7) is 7.71. The lowest BCUT2D eigenvalue weighted by molar-refractivity contribution is -0.139. The molecule has 1 atom stereocenters. The first-order chi connectivity index (χ1) is 13.3. The van der Waals surface area contributed by atoms with Crippen LogP contribution in [0.25, 0.3) is 22.3 Å². The van der Waals surface area contributed by atoms with Crippen molar-refractivity contribution in [3.63, 3.8) is 0 Å². The second kappa shape index (κ2) is 7.89. The van der Waals surface area contributed by atoms with Gasteiger partial charge in [-0.05, 0) is 61.2 Å². The third-order valence-corrected chi connectivity index (χ3v) is 4.71. The van der Waals surface area contributed by atoms with Gasteiger partial charge in [0.2, 0.25) is 0 Å². The van der Waals surface area contributed by atoms with Crippen molar-refractivity contribution in [2.45, 2.75) is 33.7 Å². The molecule has 0 bridgehead atoms. The number of ether oxygens (including phenoxy) is 1. The Morgan fingerprint density at radius 3 is 2.36 bits per heavy atom. The maximum Gasteiger partial charge on any atom is 0.328 e. The second-order valence-corrected chi connectivity index (χ2v) is 7.34. The number of aryl methyl sites for hydroxylation is 2. The van der Waals surface area contributed by atoms with Gasteiger partial charge in [-0.3, -0.25) is 4.99 Å². The van der Waals surface area contributed by atoms with E-state index in [-0.39, 0.29) is 5.92 Å². The Morgan fingerprint density at radius 1 is 1.11 bits per heavy atom. The minimum Gasteiger partial charge on any atom is -0.497 e. The Balaban J connectivity index is 2.32. The highest BCUT2D eigenvalue weighted by atomic mass is 16.5. The summed E-state index contributed by atoms with van der Waals surface area (Å²) in [7, 11) is 1.62. The van der Waals surface area contributed by atoms with Crippen LogP contribution in [0.1, 0.15) is 25.0 Å². The number of aliphatic carboxylic acids is 1. The number of rotatable bonds is 5. The topological polar surface area (TPSA) is 72.0 Å². The van der Waals surface area contributed by atoms with Crippen molar-refractivity contribution in [2.75, 3.05) is 7.11 Å². The van der Waals surface area contributed by atoms with Crippen molar-refractivity contribution in [2.24, 2.45) is 10.9 Å². The first-order valence-corrected chi connectivity index (χ1v) is 9.26. The molecule has 1 aromatic heterocycles. The van der Waals surface area contributed by atoms with Crippen LogP contribution in [0.2, 0.25) is 0 Å². The summed E-state index contributed by atoms with van der Waals surface area (Å²) in [4.78, 5) is 16.3. The minimum atomic E-state index is -0.931. The molecule has 2 aromatic carbocycles. The molecule has 0 aliphatic heterocycles. The molecule has 0 radical (unpaired) electrons. The SMILES string of the molecule is COc1ccc(-c2cc(=NC(C(=O)O)C(C)C)c3cc(C)cc(C)c3o2)cc1. The number of carbonyl (C=O) groups is 1. The first-order valence-electron chi connectivity index (χ1n) is 9.26. The zero-order valence-electron chi connectivity index (χ0n) is 16.8. The fraction of sp³-hybridized carbons (Fsp3) is 0.304. The van der Waals surface area contributed by atoms with Crippen LogP contribution in [-0.2, 0) is 4.79 Å². The summed E-state index contributed by atoms with van der Waals surface area (Å²) in [6.07, 6.45) is 0. The normalized spacial score (nSPS) is 13.1. The van der Waals surface area contributed by atoms with Gasteiger partial charge in [-0.1, -0.05) is 19.9 Å². The van der Waals surface area contributed by atoms with Gasteiger partial charge in [-0.2, -0.15) is 0 Å². The van der Waals surface area contributed by atoms with Crippen LogP contribution in [0.3, 0.4) is 0 Å². The van der Waals surface area contributed by atoms with Crippen LogP contribution < -0.4 is 10.1 Å². The summed E-state index contributed by atoms with van der Waals surface area (Å²) >= 11 is 0. The molecule has 0 fully saturated rings. The number of benzene rings is 2. The maximum absolute atomic E-state index is 11.7. The van der Waals surface area contributed by atoms with Crippen molar-refractivity contribution in [3.05, 3.63) is 58.9 Å². The van der Waals surface area contributed by atoms with E-state index in [1.807, 2.05) is 70.2 Å². The zero-order valence-corrected chi connectivity index (χ0v) is 16.8. The molecule has 0 aliphatic rings. The summed E-state index contributed by atoms with van der Waals surface area (Å²) in [5.74, 6) is 0.333. The number of methoxy groups -OCH3 is 1. The van der Waals surface area contributed by atoms with E-state index in [4.69, 9.17) is 9.15 Å². The Bertz CT molecular complexity index is 1080. The molecule has 0 aliphatic carbocycles. The van der Waals surface area contributed by atoms with E-state index in [0.717, 1.165) is 27.8 Å². The Hall–Kier alpha value is -3.08. The van der Waals surface area contributed by atoms with Gasteiger partial charge in [0.1, 0.15) is 23.1 Å². The fourth-order valence-electron chi connectivity index (χ4n) is 3.27. The van der Waals surface area contributed by atoms with Gasteiger partial charge in [0.15, 0.2) is 0 Å². The lowest BCUT2D eigenvalue weighted by atomic mass is 10.0. The van der Waals surface area contributed by atoms with Crippen LogP contribution in [0.4, 0.5) is 0 Å². The van der Waals surface area contributed by atoms with Gasteiger partial charge in [0.25, 0.3) is 0 Å². The summed E-state index contributed by atoms with van der Waals surface area (Å²) in [5, 5.41) is 11.0. The van der Waals surface area contributed by atoms with Crippen molar-refractivity contribution >= 4 is 16.9 Å². The molecule has 5 nitrogen and oxygen atoms in total. The average molecular weight is 379 g/mol. The molecule has 3 aromatic rings. The number of carboxylic acids is 1. The van der Waals surface area contributed by atoms with Gasteiger partial charge in [0, 0.05) is 17.0 Å². The largest absolute Gasteiger partial charge is 0.497 e. The van der Waals surface area contributed by atoms with E-state index >= 15 is 0 Å². The predicted octanol–water partition coefficient (Wildman–Crippen LogP) is 4.74. The minimum absolute atomic E-state index is 0.125. The lowest BCUT2D eigenvalue weighted by Gasteiger charge is -2.13. The molecule has 0 saturated heterocycles. The highest BCUT2D eigenvalue weighted by Gasteiger charge is 2.20. The highest BCUT2D eigenvalue weighted by molar-refractivity contribution is 5.82. The van der Waals surface area contributed by atoms with Gasteiger partial charge in [0.05, 0.1) is 12.5 Å². The van der Waals surface area contributed by atoms with E-state index in [1.165, 1.54) is 0 Å². The van der Waals surface area contributed by atoms with Gasteiger partial charge in [-0.25, -0.2) is 4.79 Å². The van der Waals surface area contributed by atoms with E-state index in [1.54, 1.807) is 7.11 Å². The standard InChI is InChI=1S/C23H25NO4/c1-13(2)21(23(25)26)24-19-12-20(16-6-8-17(27-5)9-7-16)28-22-15(4)10-14(3)11-18(19)22/h6-13,21H,1-5H3,(H,25,26). The molecule has 5 heteroatoms. The van der Waals surface area contributed by atoms with Crippen molar-refractivity contribution in [3.8, 4) is 17.1 Å². The first kappa shape index (κ1) is 19.7. The third kappa shape index (κ3) is 3.93. The predicted molar refractivity (Wildman–Crippen MR) is 110 cm³/mol. The number of hydrogen-bond acceptors (Lipinski definition) is 4. The summed E-state index contributed by atoms with van der Waals surface area (Å²) in [5.41, 5.74) is 3.64. The molecule has 3 rings (SSSR count). The zero-order chi connectivity index (χ0) is 20.4. The molecular weight excluding hydrogens is 354 g/mol. The molecule has 0 spiro atoms. The van der Waals surface area contributed by atoms with Crippen LogP contribution in [0, 0.1) is 19.8 Å². The smallest absolute Gasteiger partial charge is 0.328 e. The number of hydrogen-bond donors (Lipinski definition) is 1. The van der Waals surface area contributed by atoms with Gasteiger partial charge in [-0.15, -0.1) is 0 Å². The molecule has 146 valence electrons. The maximum atomic E-state index is 11.7. The molecule has 1 heterocycles. The molecule has 1 unspecified atom stereocenters. The molecule has 0 saturated carbocycles. The van der Waals surface area contributed by atoms with Crippen molar-refractivity contribution in [1.82, 2.24) is 0 Å². The lowest BCUT2D eigenvalue weighted by Crippen LogP contribution is -2.27. The number of nitrogens with zero attached hydrogens (tertiary/aromatic N) is 1. The van der Waals surface area contributed by atoms with Crippen molar-refractivity contribution < 1.29 is 19.1 Å². The van der Waals surface area contributed by atoms with Crippen LogP contribution in [0.15, 0.2) is 51.9 Å². The Labute approximate surface area is 164 Å². The van der Waals surface area contributed by atoms with Crippen LogP contribution in [0.5, 0.6) is 5.75 Å². The summed E-state index contributed by atoms with van der Waals surface area (Å²) in [6, 6.07) is 12.6. The van der Waals surface area contributed by atoms with E-state index in [2.05, 4.69) is 4.99 Å². The molecule has 0 amide bonds. The summed E-state index contributed by atoms with van der Waals surface area (Å²) < 4.78 is 11.4. The van der Waals surface area contributed by atoms with E-state index < -0.39 is 12.0 Å². The van der Waals surface area contributed by atoms with Crippen LogP contribution in [-0.4, -0.2) is 24.2 Å². The average Bonchev–Trinajstić information content (AvgIpc) is 2.65. The fourth-order valence-corrected chi connectivity index (χ4v) is 3.27. The number of fused-ring (bicyclic) bond motifs is 1. The second-order valence-electron chi connectivity index (χ2n) is 7.34. The third-order valence-electron chi connectivity index (χ3n) is 4.71. The van der Waals surface area contributed by atoms with E-state index in [0.29, 0.717) is 16.7 Å². The quantitative estimate of drug-likeness (QED) is 0.695. The molecule has 28 heavy (non-hydrogen) atoms. The van der Waals surface area contributed by atoms with Gasteiger partial charge >= 0.3 is 5.97 Å². The number of carboxylic acid groups (broad SMARTS) is 1. The van der Waals surface area contributed by atoms with Crippen LogP contribution >= 0.6 is 0 Å². The van der Waals surface area contributed by atoms with E-state index in [9.17, 15) is 9.90 Å². The molecular formula is C23H25NO4. The molecule has 1 N–H and O–H groups in total. The Morgan fingerprint density at radius 2 is 1.79 bits per heavy atom. The monoisotopic (exact) mass is 379 g/mol. The van der Waals surface area contributed by atoms with Gasteiger partial charge < -0.3 is 14.3 Å².